The molecule has 118 valence electrons. The van der Waals surface area contributed by atoms with Gasteiger partial charge in [0.2, 0.25) is 10.0 Å². The second kappa shape index (κ2) is 7.38. The van der Waals surface area contributed by atoms with Crippen LogP contribution in [0.5, 0.6) is 0 Å². The van der Waals surface area contributed by atoms with Crippen LogP contribution in [0, 0.1) is 5.92 Å². The molecule has 0 saturated heterocycles. The molecule has 0 amide bonds. The molecule has 0 heterocycles. The Morgan fingerprint density at radius 3 is 2.48 bits per heavy atom. The Labute approximate surface area is 127 Å². The predicted octanol–water partition coefficient (Wildman–Crippen LogP) is 2.91. The van der Waals surface area contributed by atoms with Gasteiger partial charge in [0, 0.05) is 19.8 Å². The average Bonchev–Trinajstić information content (AvgIpc) is 3.27. The summed E-state index contributed by atoms with van der Waals surface area (Å²) < 4.78 is 32.3. The average molecular weight is 311 g/mol. The first kappa shape index (κ1) is 16.5. The van der Waals surface area contributed by atoms with E-state index < -0.39 is 10.0 Å². The SMILES string of the molecule is CC(C)c1ccc(S(=O)(=O)NCCCOCC2CC2)cc1. The third-order valence-corrected chi connectivity index (χ3v) is 5.14. The van der Waals surface area contributed by atoms with Crippen molar-refractivity contribution in [1.82, 2.24) is 4.72 Å². The zero-order chi connectivity index (χ0) is 15.3. The van der Waals surface area contributed by atoms with Crippen LogP contribution in [0.3, 0.4) is 0 Å². The van der Waals surface area contributed by atoms with Crippen molar-refractivity contribution in [2.75, 3.05) is 19.8 Å². The molecule has 0 unspecified atom stereocenters. The lowest BCUT2D eigenvalue weighted by Crippen LogP contribution is -2.25. The number of rotatable bonds is 9. The van der Waals surface area contributed by atoms with E-state index >= 15 is 0 Å². The van der Waals surface area contributed by atoms with E-state index in [1.54, 1.807) is 12.1 Å². The minimum absolute atomic E-state index is 0.325. The Hall–Kier alpha value is -0.910. The van der Waals surface area contributed by atoms with Crippen molar-refractivity contribution in [3.05, 3.63) is 29.8 Å². The normalized spacial score (nSPS) is 15.6. The minimum Gasteiger partial charge on any atom is -0.381 e. The standard InChI is InChI=1S/C16H25NO3S/c1-13(2)15-6-8-16(9-7-15)21(18,19)17-10-3-11-20-12-14-4-5-14/h6-9,13-14,17H,3-5,10-12H2,1-2H3. The fraction of sp³-hybridized carbons (Fsp3) is 0.625. The first-order valence-electron chi connectivity index (χ1n) is 7.66. The van der Waals surface area contributed by atoms with E-state index in [1.807, 2.05) is 12.1 Å². The Bertz CT molecular complexity index is 533. The zero-order valence-electron chi connectivity index (χ0n) is 12.8. The van der Waals surface area contributed by atoms with Crippen LogP contribution in [0.1, 0.15) is 44.6 Å². The Balaban J connectivity index is 1.74. The summed E-state index contributed by atoms with van der Waals surface area (Å²) in [5, 5.41) is 0. The highest BCUT2D eigenvalue weighted by Crippen LogP contribution is 2.28. The van der Waals surface area contributed by atoms with Gasteiger partial charge in [0.05, 0.1) is 4.90 Å². The van der Waals surface area contributed by atoms with Crippen molar-refractivity contribution in [1.29, 1.82) is 0 Å². The van der Waals surface area contributed by atoms with Gasteiger partial charge in [-0.25, -0.2) is 13.1 Å². The van der Waals surface area contributed by atoms with E-state index in [1.165, 1.54) is 12.8 Å². The number of benzene rings is 1. The number of sulfonamides is 1. The van der Waals surface area contributed by atoms with Crippen LogP contribution in [0.15, 0.2) is 29.2 Å². The van der Waals surface area contributed by atoms with Crippen molar-refractivity contribution in [2.45, 2.75) is 43.9 Å². The van der Waals surface area contributed by atoms with Crippen molar-refractivity contribution in [3.8, 4) is 0 Å². The summed E-state index contributed by atoms with van der Waals surface area (Å²) in [7, 11) is -3.40. The van der Waals surface area contributed by atoms with E-state index in [9.17, 15) is 8.42 Å². The van der Waals surface area contributed by atoms with E-state index in [2.05, 4.69) is 18.6 Å². The molecule has 0 radical (unpaired) electrons. The van der Waals surface area contributed by atoms with Crippen molar-refractivity contribution < 1.29 is 13.2 Å². The number of hydrogen-bond acceptors (Lipinski definition) is 3. The molecule has 5 heteroatoms. The third kappa shape index (κ3) is 5.41. The molecule has 1 aliphatic carbocycles. The summed E-state index contributed by atoms with van der Waals surface area (Å²) >= 11 is 0. The molecule has 1 aromatic rings. The molecule has 0 spiro atoms. The molecule has 0 aromatic heterocycles. The summed E-state index contributed by atoms with van der Waals surface area (Å²) in [6, 6.07) is 7.08. The quantitative estimate of drug-likeness (QED) is 0.713. The van der Waals surface area contributed by atoms with Gasteiger partial charge in [0.1, 0.15) is 0 Å². The minimum atomic E-state index is -3.40. The Morgan fingerprint density at radius 1 is 1.24 bits per heavy atom. The lowest BCUT2D eigenvalue weighted by molar-refractivity contribution is 0.123. The van der Waals surface area contributed by atoms with Gasteiger partial charge in [-0.15, -0.1) is 0 Å². The highest BCUT2D eigenvalue weighted by Gasteiger charge is 2.21. The van der Waals surface area contributed by atoms with Crippen LogP contribution >= 0.6 is 0 Å². The van der Waals surface area contributed by atoms with Crippen molar-refractivity contribution >= 4 is 10.0 Å². The van der Waals surface area contributed by atoms with E-state index in [0.717, 1.165) is 18.1 Å². The largest absolute Gasteiger partial charge is 0.381 e. The molecule has 0 aliphatic heterocycles. The van der Waals surface area contributed by atoms with Gasteiger partial charge in [-0.3, -0.25) is 0 Å². The molecule has 21 heavy (non-hydrogen) atoms. The monoisotopic (exact) mass is 311 g/mol. The van der Waals surface area contributed by atoms with Crippen molar-refractivity contribution in [2.24, 2.45) is 5.92 Å². The second-order valence-corrected chi connectivity index (χ2v) is 7.76. The van der Waals surface area contributed by atoms with Gasteiger partial charge in [-0.1, -0.05) is 26.0 Å². The van der Waals surface area contributed by atoms with Gasteiger partial charge in [-0.2, -0.15) is 0 Å². The molecule has 1 N–H and O–H groups in total. The second-order valence-electron chi connectivity index (χ2n) is 5.99. The van der Waals surface area contributed by atoms with E-state index in [-0.39, 0.29) is 0 Å². The van der Waals surface area contributed by atoms with Gasteiger partial charge >= 0.3 is 0 Å². The first-order valence-corrected chi connectivity index (χ1v) is 9.15. The molecular formula is C16H25NO3S. The molecule has 4 nitrogen and oxygen atoms in total. The van der Waals surface area contributed by atoms with Gasteiger partial charge in [-0.05, 0) is 48.8 Å². The maximum atomic E-state index is 12.1. The topological polar surface area (TPSA) is 55.4 Å². The van der Waals surface area contributed by atoms with Gasteiger partial charge in [0.25, 0.3) is 0 Å². The van der Waals surface area contributed by atoms with Crippen LogP contribution in [0.4, 0.5) is 0 Å². The maximum absolute atomic E-state index is 12.1. The van der Waals surface area contributed by atoms with Crippen LogP contribution in [0.25, 0.3) is 0 Å². The maximum Gasteiger partial charge on any atom is 0.240 e. The molecule has 0 bridgehead atoms. The van der Waals surface area contributed by atoms with E-state index in [0.29, 0.717) is 30.4 Å². The third-order valence-electron chi connectivity index (χ3n) is 3.67. The molecule has 2 rings (SSSR count). The first-order chi connectivity index (χ1) is 9.99. The molecule has 0 atom stereocenters. The predicted molar refractivity (Wildman–Crippen MR) is 83.9 cm³/mol. The smallest absolute Gasteiger partial charge is 0.240 e. The molecule has 1 aliphatic rings. The fourth-order valence-electron chi connectivity index (χ4n) is 2.03. The lowest BCUT2D eigenvalue weighted by atomic mass is 10.0. The molecular weight excluding hydrogens is 286 g/mol. The Kier molecular flexibility index (Phi) is 5.79. The van der Waals surface area contributed by atoms with Crippen LogP contribution in [0.2, 0.25) is 0 Å². The molecule has 1 aromatic carbocycles. The van der Waals surface area contributed by atoms with Crippen LogP contribution in [-0.2, 0) is 14.8 Å². The highest BCUT2D eigenvalue weighted by molar-refractivity contribution is 7.89. The number of hydrogen-bond donors (Lipinski definition) is 1. The van der Waals surface area contributed by atoms with Crippen LogP contribution < -0.4 is 4.72 Å². The lowest BCUT2D eigenvalue weighted by Gasteiger charge is -2.09. The summed E-state index contributed by atoms with van der Waals surface area (Å²) in [6.07, 6.45) is 3.26. The summed E-state index contributed by atoms with van der Waals surface area (Å²) in [4.78, 5) is 0.325. The molecule has 1 fully saturated rings. The summed E-state index contributed by atoms with van der Waals surface area (Å²) in [5.74, 6) is 1.15. The van der Waals surface area contributed by atoms with Crippen LogP contribution in [-0.4, -0.2) is 28.2 Å². The number of ether oxygens (including phenoxy) is 1. The summed E-state index contributed by atoms with van der Waals surface area (Å²) in [5.41, 5.74) is 1.14. The fourth-order valence-corrected chi connectivity index (χ4v) is 3.10. The Morgan fingerprint density at radius 2 is 1.90 bits per heavy atom. The number of nitrogens with one attached hydrogen (secondary N) is 1. The van der Waals surface area contributed by atoms with Gasteiger partial charge in [0.15, 0.2) is 0 Å². The highest BCUT2D eigenvalue weighted by atomic mass is 32.2. The van der Waals surface area contributed by atoms with E-state index in [4.69, 9.17) is 4.74 Å². The summed E-state index contributed by atoms with van der Waals surface area (Å²) in [6.45, 7) is 6.03. The zero-order valence-corrected chi connectivity index (χ0v) is 13.7. The van der Waals surface area contributed by atoms with Gasteiger partial charge < -0.3 is 4.74 Å². The molecule has 1 saturated carbocycles. The van der Waals surface area contributed by atoms with Crippen molar-refractivity contribution in [3.63, 3.8) is 0 Å².